The van der Waals surface area contributed by atoms with E-state index in [-0.39, 0.29) is 5.91 Å². The summed E-state index contributed by atoms with van der Waals surface area (Å²) in [5.74, 6) is -0.0852. The van der Waals surface area contributed by atoms with Crippen molar-refractivity contribution in [3.8, 4) is 0 Å². The molecule has 0 aliphatic heterocycles. The second-order valence-corrected chi connectivity index (χ2v) is 7.42. The molecular weight excluding hydrogens is 331 g/mol. The third-order valence-corrected chi connectivity index (χ3v) is 4.95. The van der Waals surface area contributed by atoms with Gasteiger partial charge in [0.1, 0.15) is 0 Å². The van der Waals surface area contributed by atoms with Gasteiger partial charge in [-0.3, -0.25) is 4.79 Å². The van der Waals surface area contributed by atoms with Gasteiger partial charge in [-0.15, -0.1) is 0 Å². The molecule has 6 heteroatoms. The van der Waals surface area contributed by atoms with Crippen LogP contribution in [0.3, 0.4) is 0 Å². The largest absolute Gasteiger partial charge is 0.319 e. The minimum atomic E-state index is -0.0852. The molecule has 1 amide bonds. The smallest absolute Gasteiger partial charge is 0.279 e. The summed E-state index contributed by atoms with van der Waals surface area (Å²) in [5, 5.41) is 3.96. The van der Waals surface area contributed by atoms with E-state index in [1.807, 2.05) is 0 Å². The van der Waals surface area contributed by atoms with Crippen molar-refractivity contribution < 1.29 is 9.28 Å². The zero-order valence-corrected chi connectivity index (χ0v) is 14.5. The van der Waals surface area contributed by atoms with Crippen molar-refractivity contribution in [3.63, 3.8) is 0 Å². The molecule has 0 aromatic heterocycles. The van der Waals surface area contributed by atoms with Crippen molar-refractivity contribution in [2.75, 3.05) is 26.0 Å². The molecule has 0 atom stereocenters. The summed E-state index contributed by atoms with van der Waals surface area (Å²) < 4.78 is 0.689. The first-order chi connectivity index (χ1) is 9.79. The number of nitrogens with one attached hydrogen (secondary N) is 1. The van der Waals surface area contributed by atoms with E-state index in [0.29, 0.717) is 37.8 Å². The second kappa shape index (κ2) is 6.74. The van der Waals surface area contributed by atoms with Crippen LogP contribution in [0.25, 0.3) is 0 Å². The van der Waals surface area contributed by atoms with Crippen LogP contribution in [0.2, 0.25) is 15.1 Å². The number of benzene rings is 1. The van der Waals surface area contributed by atoms with Crippen molar-refractivity contribution in [1.29, 1.82) is 0 Å². The Labute approximate surface area is 140 Å². The summed E-state index contributed by atoms with van der Waals surface area (Å²) in [7, 11) is 4.20. The van der Waals surface area contributed by atoms with Crippen LogP contribution in [0, 0.1) is 0 Å². The van der Waals surface area contributed by atoms with E-state index in [2.05, 4.69) is 19.4 Å². The van der Waals surface area contributed by atoms with Crippen LogP contribution in [0.5, 0.6) is 0 Å². The van der Waals surface area contributed by atoms with E-state index in [4.69, 9.17) is 34.8 Å². The van der Waals surface area contributed by atoms with E-state index < -0.39 is 0 Å². The number of hydrogen-bond acceptors (Lipinski definition) is 1. The number of nitrogens with zero attached hydrogens (tertiary/aromatic N) is 1. The highest BCUT2D eigenvalue weighted by Gasteiger charge is 2.33. The van der Waals surface area contributed by atoms with Crippen molar-refractivity contribution >= 4 is 46.4 Å². The van der Waals surface area contributed by atoms with Gasteiger partial charge in [0.05, 0.1) is 35.9 Å². The van der Waals surface area contributed by atoms with E-state index in [1.165, 1.54) is 25.7 Å². The predicted octanol–water partition coefficient (Wildman–Crippen LogP) is 4.60. The third-order valence-electron chi connectivity index (χ3n) is 4.14. The van der Waals surface area contributed by atoms with Crippen LogP contribution in [0.15, 0.2) is 12.1 Å². The van der Waals surface area contributed by atoms with Crippen molar-refractivity contribution in [2.24, 2.45) is 0 Å². The Morgan fingerprint density at radius 3 is 2.24 bits per heavy atom. The maximum absolute atomic E-state index is 12.3. The summed E-state index contributed by atoms with van der Waals surface area (Å²) in [6, 6.07) is 3.69. The summed E-state index contributed by atoms with van der Waals surface area (Å²) in [5.41, 5.74) is 0.430. The Morgan fingerprint density at radius 2 is 1.71 bits per heavy atom. The normalized spacial score (nSPS) is 16.2. The zero-order chi connectivity index (χ0) is 15.6. The molecule has 3 nitrogen and oxygen atoms in total. The highest BCUT2D eigenvalue weighted by Crippen LogP contribution is 2.34. The molecule has 1 N–H and O–H groups in total. The van der Waals surface area contributed by atoms with Crippen LogP contribution in [-0.4, -0.2) is 37.1 Å². The molecule has 0 heterocycles. The van der Waals surface area contributed by atoms with Crippen LogP contribution in [-0.2, 0) is 4.79 Å². The maximum Gasteiger partial charge on any atom is 0.279 e. The topological polar surface area (TPSA) is 29.1 Å². The lowest BCUT2D eigenvalue weighted by atomic mass is 10.2. The fourth-order valence-electron chi connectivity index (χ4n) is 2.94. The lowest BCUT2D eigenvalue weighted by Gasteiger charge is -2.35. The monoisotopic (exact) mass is 349 g/mol. The van der Waals surface area contributed by atoms with Crippen LogP contribution in [0.1, 0.15) is 25.7 Å². The van der Waals surface area contributed by atoms with Gasteiger partial charge in [-0.05, 0) is 37.8 Å². The summed E-state index contributed by atoms with van der Waals surface area (Å²) >= 11 is 18.0. The Morgan fingerprint density at radius 1 is 1.19 bits per heavy atom. The molecule has 0 saturated heterocycles. The van der Waals surface area contributed by atoms with E-state index >= 15 is 0 Å². The highest BCUT2D eigenvalue weighted by molar-refractivity contribution is 6.42. The molecule has 0 spiro atoms. The first-order valence-corrected chi connectivity index (χ1v) is 8.20. The predicted molar refractivity (Wildman–Crippen MR) is 89.3 cm³/mol. The Balaban J connectivity index is 2.05. The lowest BCUT2D eigenvalue weighted by molar-refractivity contribution is -0.906. The number of amides is 1. The molecule has 21 heavy (non-hydrogen) atoms. The molecule has 0 bridgehead atoms. The molecule has 0 unspecified atom stereocenters. The fourth-order valence-corrected chi connectivity index (χ4v) is 3.85. The number of halogens is 3. The number of carbonyl (C=O) groups excluding carboxylic acids is 1. The van der Waals surface area contributed by atoms with Gasteiger partial charge in [0.25, 0.3) is 5.91 Å². The molecule has 116 valence electrons. The van der Waals surface area contributed by atoms with E-state index in [9.17, 15) is 4.79 Å². The maximum atomic E-state index is 12.3. The van der Waals surface area contributed by atoms with Gasteiger partial charge in [0.15, 0.2) is 6.54 Å². The average molecular weight is 351 g/mol. The first-order valence-electron chi connectivity index (χ1n) is 7.06. The number of anilines is 1. The molecule has 1 aromatic carbocycles. The molecule has 2 rings (SSSR count). The molecular formula is C15H20Cl3N2O+. The number of likely N-dealkylation sites (N-methyl/N-ethyl adjacent to an activating group) is 1. The molecule has 0 radical (unpaired) electrons. The Kier molecular flexibility index (Phi) is 5.42. The first kappa shape index (κ1) is 16.9. The standard InChI is InChI=1S/C15H19Cl3N2O/c1-20(2,11-5-3-4-6-11)9-14(21)19-15-12(17)7-10(16)8-13(15)18/h7-8,11H,3-6,9H2,1-2H3/p+1. The SMILES string of the molecule is C[N+](C)(CC(=O)Nc1c(Cl)cc(Cl)cc1Cl)C1CCCC1. The Hall–Kier alpha value is -0.480. The molecule has 1 aliphatic rings. The quantitative estimate of drug-likeness (QED) is 0.790. The van der Waals surface area contributed by atoms with Crippen LogP contribution < -0.4 is 5.32 Å². The van der Waals surface area contributed by atoms with Gasteiger partial charge >= 0.3 is 0 Å². The van der Waals surface area contributed by atoms with E-state index in [0.717, 1.165) is 0 Å². The minimum Gasteiger partial charge on any atom is -0.319 e. The second-order valence-electron chi connectivity index (χ2n) is 6.17. The lowest BCUT2D eigenvalue weighted by Crippen LogP contribution is -2.51. The highest BCUT2D eigenvalue weighted by atomic mass is 35.5. The number of quaternary nitrogens is 1. The van der Waals surface area contributed by atoms with Gasteiger partial charge < -0.3 is 9.80 Å². The average Bonchev–Trinajstić information content (AvgIpc) is 2.87. The summed E-state index contributed by atoms with van der Waals surface area (Å²) in [4.78, 5) is 12.3. The van der Waals surface area contributed by atoms with Gasteiger partial charge in [-0.1, -0.05) is 34.8 Å². The minimum absolute atomic E-state index is 0.0852. The summed E-state index contributed by atoms with van der Waals surface area (Å²) in [6.07, 6.45) is 4.87. The van der Waals surface area contributed by atoms with Gasteiger partial charge in [-0.2, -0.15) is 0 Å². The Bertz CT molecular complexity index is 517. The summed E-state index contributed by atoms with van der Waals surface area (Å²) in [6.45, 7) is 0.403. The zero-order valence-electron chi connectivity index (χ0n) is 12.3. The van der Waals surface area contributed by atoms with Crippen LogP contribution >= 0.6 is 34.8 Å². The van der Waals surface area contributed by atoms with Gasteiger partial charge in [0.2, 0.25) is 0 Å². The fraction of sp³-hybridized carbons (Fsp3) is 0.533. The number of carbonyl (C=O) groups is 1. The van der Waals surface area contributed by atoms with E-state index in [1.54, 1.807) is 12.1 Å². The van der Waals surface area contributed by atoms with Gasteiger partial charge in [-0.25, -0.2) is 0 Å². The van der Waals surface area contributed by atoms with Crippen molar-refractivity contribution in [2.45, 2.75) is 31.7 Å². The van der Waals surface area contributed by atoms with Gasteiger partial charge in [0, 0.05) is 5.02 Å². The third kappa shape index (κ3) is 4.26. The molecule has 1 saturated carbocycles. The molecule has 1 fully saturated rings. The van der Waals surface area contributed by atoms with Crippen LogP contribution in [0.4, 0.5) is 5.69 Å². The van der Waals surface area contributed by atoms with Crippen molar-refractivity contribution in [1.82, 2.24) is 0 Å². The number of rotatable bonds is 4. The molecule has 1 aliphatic carbocycles. The molecule has 1 aromatic rings. The number of hydrogen-bond donors (Lipinski definition) is 1. The van der Waals surface area contributed by atoms with Crippen molar-refractivity contribution in [3.05, 3.63) is 27.2 Å².